The van der Waals surface area contributed by atoms with Crippen LogP contribution in [0.1, 0.15) is 29.2 Å². The van der Waals surface area contributed by atoms with Crippen LogP contribution in [0.3, 0.4) is 0 Å². The number of halogens is 2. The molecule has 0 radical (unpaired) electrons. The number of nitrogens with two attached hydrogens (primary N) is 1. The highest BCUT2D eigenvalue weighted by molar-refractivity contribution is 5.27. The lowest BCUT2D eigenvalue weighted by molar-refractivity contribution is 0.479. The van der Waals surface area contributed by atoms with Crippen LogP contribution >= 0.6 is 0 Å². The SMILES string of the molecule is Cc1ccccc1CCC(NN)c1cc(F)ccc1F. The highest BCUT2D eigenvalue weighted by Crippen LogP contribution is 2.23. The topological polar surface area (TPSA) is 38.0 Å². The van der Waals surface area contributed by atoms with Crippen LogP contribution in [-0.4, -0.2) is 0 Å². The summed E-state index contributed by atoms with van der Waals surface area (Å²) in [5.41, 5.74) is 5.20. The van der Waals surface area contributed by atoms with Crippen LogP contribution < -0.4 is 11.3 Å². The molecule has 0 aliphatic rings. The van der Waals surface area contributed by atoms with Gasteiger partial charge in [0.1, 0.15) is 11.6 Å². The van der Waals surface area contributed by atoms with Crippen LogP contribution in [0, 0.1) is 18.6 Å². The molecule has 2 aromatic rings. The molecule has 4 heteroatoms. The fraction of sp³-hybridized carbons (Fsp3) is 0.250. The maximum atomic E-state index is 13.7. The van der Waals surface area contributed by atoms with Crippen LogP contribution in [-0.2, 0) is 6.42 Å². The largest absolute Gasteiger partial charge is 0.271 e. The number of hydrogen-bond donors (Lipinski definition) is 2. The van der Waals surface area contributed by atoms with Crippen LogP contribution in [0.4, 0.5) is 8.78 Å². The van der Waals surface area contributed by atoms with Crippen LogP contribution in [0.15, 0.2) is 42.5 Å². The monoisotopic (exact) mass is 276 g/mol. The van der Waals surface area contributed by atoms with Gasteiger partial charge in [0.25, 0.3) is 0 Å². The van der Waals surface area contributed by atoms with Gasteiger partial charge in [-0.2, -0.15) is 0 Å². The molecule has 20 heavy (non-hydrogen) atoms. The molecule has 1 unspecified atom stereocenters. The average molecular weight is 276 g/mol. The number of benzene rings is 2. The average Bonchev–Trinajstić information content (AvgIpc) is 2.45. The molecule has 0 aromatic heterocycles. The first-order valence-corrected chi connectivity index (χ1v) is 6.57. The molecular formula is C16H18F2N2. The Morgan fingerprint density at radius 2 is 1.90 bits per heavy atom. The van der Waals surface area contributed by atoms with Crippen molar-refractivity contribution in [3.8, 4) is 0 Å². The second-order valence-electron chi connectivity index (χ2n) is 4.85. The number of rotatable bonds is 5. The third-order valence-electron chi connectivity index (χ3n) is 3.50. The number of aryl methyl sites for hydroxylation is 2. The van der Waals surface area contributed by atoms with E-state index in [1.807, 2.05) is 31.2 Å². The normalized spacial score (nSPS) is 12.4. The van der Waals surface area contributed by atoms with Crippen molar-refractivity contribution in [2.45, 2.75) is 25.8 Å². The third-order valence-corrected chi connectivity index (χ3v) is 3.50. The lowest BCUT2D eigenvalue weighted by Crippen LogP contribution is -2.29. The van der Waals surface area contributed by atoms with E-state index in [1.54, 1.807) is 0 Å². The van der Waals surface area contributed by atoms with Gasteiger partial charge in [-0.15, -0.1) is 0 Å². The molecule has 3 N–H and O–H groups in total. The minimum Gasteiger partial charge on any atom is -0.271 e. The highest BCUT2D eigenvalue weighted by atomic mass is 19.1. The van der Waals surface area contributed by atoms with E-state index in [-0.39, 0.29) is 5.56 Å². The molecule has 0 aliphatic carbocycles. The molecule has 2 nitrogen and oxygen atoms in total. The molecule has 0 aliphatic heterocycles. The first-order valence-electron chi connectivity index (χ1n) is 6.57. The fourth-order valence-electron chi connectivity index (χ4n) is 2.30. The van der Waals surface area contributed by atoms with E-state index < -0.39 is 17.7 Å². The summed E-state index contributed by atoms with van der Waals surface area (Å²) >= 11 is 0. The van der Waals surface area contributed by atoms with Gasteiger partial charge in [0.2, 0.25) is 0 Å². The van der Waals surface area contributed by atoms with Crippen LogP contribution in [0.25, 0.3) is 0 Å². The summed E-state index contributed by atoms with van der Waals surface area (Å²) in [6, 6.07) is 11.0. The van der Waals surface area contributed by atoms with Gasteiger partial charge < -0.3 is 0 Å². The summed E-state index contributed by atoms with van der Waals surface area (Å²) in [4.78, 5) is 0. The van der Waals surface area contributed by atoms with Gasteiger partial charge in [-0.1, -0.05) is 24.3 Å². The van der Waals surface area contributed by atoms with Crippen LogP contribution in [0.5, 0.6) is 0 Å². The van der Waals surface area contributed by atoms with Gasteiger partial charge in [-0.25, -0.2) is 8.78 Å². The Bertz CT molecular complexity index is 584. The smallest absolute Gasteiger partial charge is 0.128 e. The third kappa shape index (κ3) is 3.40. The number of nitrogens with one attached hydrogen (secondary N) is 1. The van der Waals surface area contributed by atoms with Gasteiger partial charge in [-0.05, 0) is 49.1 Å². The van der Waals surface area contributed by atoms with Crippen molar-refractivity contribution in [2.24, 2.45) is 5.84 Å². The molecule has 0 fully saturated rings. The van der Waals surface area contributed by atoms with Crippen LogP contribution in [0.2, 0.25) is 0 Å². The van der Waals surface area contributed by atoms with Crippen molar-refractivity contribution in [2.75, 3.05) is 0 Å². The molecule has 1 atom stereocenters. The second kappa shape index (κ2) is 6.59. The summed E-state index contributed by atoms with van der Waals surface area (Å²) in [7, 11) is 0. The molecule has 0 saturated heterocycles. The lowest BCUT2D eigenvalue weighted by atomic mass is 9.97. The first kappa shape index (κ1) is 14.6. The molecule has 0 heterocycles. The Balaban J connectivity index is 2.13. The Morgan fingerprint density at radius 3 is 2.60 bits per heavy atom. The Kier molecular flexibility index (Phi) is 4.82. The zero-order chi connectivity index (χ0) is 14.5. The van der Waals surface area contributed by atoms with Gasteiger partial charge in [0, 0.05) is 11.6 Å². The minimum absolute atomic E-state index is 0.265. The van der Waals surface area contributed by atoms with E-state index >= 15 is 0 Å². The summed E-state index contributed by atoms with van der Waals surface area (Å²) in [5.74, 6) is 4.58. The quantitative estimate of drug-likeness (QED) is 0.649. The van der Waals surface area contributed by atoms with E-state index in [1.165, 1.54) is 17.2 Å². The van der Waals surface area contributed by atoms with E-state index in [2.05, 4.69) is 5.43 Å². The van der Waals surface area contributed by atoms with Crippen molar-refractivity contribution >= 4 is 0 Å². The number of hydrazine groups is 1. The van der Waals surface area contributed by atoms with Gasteiger partial charge in [0.15, 0.2) is 0 Å². The summed E-state index contributed by atoms with van der Waals surface area (Å²) < 4.78 is 27.0. The molecule has 0 bridgehead atoms. The van der Waals surface area contributed by atoms with Crippen molar-refractivity contribution in [1.29, 1.82) is 0 Å². The van der Waals surface area contributed by atoms with Gasteiger partial charge in [0.05, 0.1) is 0 Å². The zero-order valence-electron chi connectivity index (χ0n) is 11.4. The maximum absolute atomic E-state index is 13.7. The lowest BCUT2D eigenvalue weighted by Gasteiger charge is -2.17. The summed E-state index contributed by atoms with van der Waals surface area (Å²) in [6.07, 6.45) is 1.35. The Hall–Kier alpha value is -1.78. The van der Waals surface area contributed by atoms with Gasteiger partial charge in [-0.3, -0.25) is 11.3 Å². The Morgan fingerprint density at radius 1 is 1.15 bits per heavy atom. The predicted octanol–water partition coefficient (Wildman–Crippen LogP) is 3.41. The van der Waals surface area contributed by atoms with Crippen molar-refractivity contribution in [3.63, 3.8) is 0 Å². The molecule has 0 amide bonds. The molecule has 0 saturated carbocycles. The molecule has 106 valence electrons. The van der Waals surface area contributed by atoms with E-state index in [0.717, 1.165) is 18.6 Å². The molecule has 2 rings (SSSR count). The zero-order valence-corrected chi connectivity index (χ0v) is 11.4. The van der Waals surface area contributed by atoms with E-state index in [0.29, 0.717) is 6.42 Å². The summed E-state index contributed by atoms with van der Waals surface area (Å²) in [5, 5.41) is 0. The minimum atomic E-state index is -0.461. The molecule has 0 spiro atoms. The predicted molar refractivity (Wildman–Crippen MR) is 75.9 cm³/mol. The summed E-state index contributed by atoms with van der Waals surface area (Å²) in [6.45, 7) is 2.03. The molecule has 2 aromatic carbocycles. The van der Waals surface area contributed by atoms with Gasteiger partial charge >= 0.3 is 0 Å². The van der Waals surface area contributed by atoms with Crippen molar-refractivity contribution in [1.82, 2.24) is 5.43 Å². The highest BCUT2D eigenvalue weighted by Gasteiger charge is 2.15. The maximum Gasteiger partial charge on any atom is 0.128 e. The van der Waals surface area contributed by atoms with Crippen molar-refractivity contribution < 1.29 is 8.78 Å². The standard InChI is InChI=1S/C16H18F2N2/c1-11-4-2-3-5-12(11)6-9-16(20-19)14-10-13(17)7-8-15(14)18/h2-5,7-8,10,16,20H,6,9,19H2,1H3. The second-order valence-corrected chi connectivity index (χ2v) is 4.85. The Labute approximate surface area is 117 Å². The van der Waals surface area contributed by atoms with E-state index in [9.17, 15) is 8.78 Å². The number of hydrogen-bond acceptors (Lipinski definition) is 2. The fourth-order valence-corrected chi connectivity index (χ4v) is 2.30. The van der Waals surface area contributed by atoms with E-state index in [4.69, 9.17) is 5.84 Å². The first-order chi connectivity index (χ1) is 9.61. The van der Waals surface area contributed by atoms with Crippen molar-refractivity contribution in [3.05, 3.63) is 70.8 Å². The molecular weight excluding hydrogens is 258 g/mol.